The minimum Gasteiger partial charge on any atom is -0.511 e. The van der Waals surface area contributed by atoms with Crippen molar-refractivity contribution in [2.45, 2.75) is 59.8 Å². The van der Waals surface area contributed by atoms with E-state index in [1.165, 1.54) is 22.3 Å². The molecule has 0 aromatic heterocycles. The number of carbonyl (C=O) groups excluding carboxylic acids is 1. The predicted molar refractivity (Wildman–Crippen MR) is 96.6 cm³/mol. The molecule has 0 heterocycles. The molecule has 1 aromatic rings. The van der Waals surface area contributed by atoms with Crippen LogP contribution in [0.15, 0.2) is 28.6 Å². The van der Waals surface area contributed by atoms with E-state index < -0.39 is 0 Å². The number of allylic oxidation sites excluding steroid dienone is 2. The Kier molecular flexibility index (Phi) is 5.81. The van der Waals surface area contributed by atoms with Crippen molar-refractivity contribution in [2.24, 2.45) is 5.16 Å². The molecule has 1 atom stereocenters. The molecule has 4 heteroatoms. The van der Waals surface area contributed by atoms with Crippen LogP contribution in [-0.2, 0) is 9.63 Å². The van der Waals surface area contributed by atoms with Crippen molar-refractivity contribution in [2.75, 3.05) is 6.61 Å². The lowest BCUT2D eigenvalue weighted by molar-refractivity contribution is -0.116. The van der Waals surface area contributed by atoms with Gasteiger partial charge in [0.25, 0.3) is 0 Å². The van der Waals surface area contributed by atoms with Crippen molar-refractivity contribution in [3.8, 4) is 0 Å². The van der Waals surface area contributed by atoms with E-state index in [0.29, 0.717) is 37.2 Å². The monoisotopic (exact) mass is 329 g/mol. The van der Waals surface area contributed by atoms with E-state index in [0.717, 1.165) is 0 Å². The number of benzene rings is 1. The lowest BCUT2D eigenvalue weighted by atomic mass is 9.78. The van der Waals surface area contributed by atoms with Crippen LogP contribution in [0.1, 0.15) is 61.3 Å². The number of aliphatic hydroxyl groups excluding tert-OH is 1. The van der Waals surface area contributed by atoms with Crippen molar-refractivity contribution >= 4 is 11.5 Å². The number of Topliss-reactive ketones (excluding diaryl/α,β-unsaturated/α-hetero) is 1. The fourth-order valence-corrected chi connectivity index (χ4v) is 3.69. The zero-order valence-electron chi connectivity index (χ0n) is 15.3. The third-order valence-corrected chi connectivity index (χ3v) is 4.51. The number of hydrogen-bond donors (Lipinski definition) is 1. The van der Waals surface area contributed by atoms with E-state index in [-0.39, 0.29) is 17.5 Å². The Balaban J connectivity index is 2.38. The van der Waals surface area contributed by atoms with E-state index in [1.807, 2.05) is 13.8 Å². The molecule has 1 aliphatic carbocycles. The van der Waals surface area contributed by atoms with Gasteiger partial charge in [-0.3, -0.25) is 4.79 Å². The second kappa shape index (κ2) is 7.65. The average Bonchev–Trinajstić information content (AvgIpc) is 2.48. The van der Waals surface area contributed by atoms with Gasteiger partial charge in [0.05, 0.1) is 11.3 Å². The first-order chi connectivity index (χ1) is 11.4. The molecule has 0 radical (unpaired) electrons. The van der Waals surface area contributed by atoms with Gasteiger partial charge in [0.15, 0.2) is 5.78 Å². The smallest absolute Gasteiger partial charge is 0.168 e. The molecule has 0 fully saturated rings. The highest BCUT2D eigenvalue weighted by molar-refractivity contribution is 6.23. The van der Waals surface area contributed by atoms with Gasteiger partial charge in [-0.15, -0.1) is 0 Å². The summed E-state index contributed by atoms with van der Waals surface area (Å²) in [5.74, 6) is 0.103. The fourth-order valence-electron chi connectivity index (χ4n) is 3.69. The predicted octanol–water partition coefficient (Wildman–Crippen LogP) is 4.67. The Morgan fingerprint density at radius 2 is 1.83 bits per heavy atom. The minimum atomic E-state index is -0.0524. The molecule has 0 saturated carbocycles. The van der Waals surface area contributed by atoms with Gasteiger partial charge >= 0.3 is 0 Å². The molecule has 4 nitrogen and oxygen atoms in total. The molecule has 1 aliphatic rings. The van der Waals surface area contributed by atoms with E-state index in [4.69, 9.17) is 4.84 Å². The largest absolute Gasteiger partial charge is 0.511 e. The summed E-state index contributed by atoms with van der Waals surface area (Å²) in [4.78, 5) is 17.8. The number of aryl methyl sites for hydroxylation is 3. The molecule has 24 heavy (non-hydrogen) atoms. The van der Waals surface area contributed by atoms with E-state index in [9.17, 15) is 9.90 Å². The van der Waals surface area contributed by atoms with Crippen LogP contribution in [0.2, 0.25) is 0 Å². The summed E-state index contributed by atoms with van der Waals surface area (Å²) >= 11 is 0. The first kappa shape index (κ1) is 18.2. The van der Waals surface area contributed by atoms with Crippen molar-refractivity contribution in [3.05, 3.63) is 45.7 Å². The molecule has 0 bridgehead atoms. The number of nitrogens with zero attached hydrogens (tertiary/aromatic N) is 1. The number of carbonyl (C=O) groups is 1. The third kappa shape index (κ3) is 3.69. The summed E-state index contributed by atoms with van der Waals surface area (Å²) in [7, 11) is 0. The highest BCUT2D eigenvalue weighted by atomic mass is 16.6. The van der Waals surface area contributed by atoms with Crippen LogP contribution in [-0.4, -0.2) is 23.2 Å². The zero-order valence-corrected chi connectivity index (χ0v) is 15.3. The lowest BCUT2D eigenvalue weighted by Gasteiger charge is -2.27. The van der Waals surface area contributed by atoms with Crippen molar-refractivity contribution in [1.82, 2.24) is 0 Å². The van der Waals surface area contributed by atoms with Gasteiger partial charge in [0.1, 0.15) is 12.4 Å². The van der Waals surface area contributed by atoms with Crippen LogP contribution >= 0.6 is 0 Å². The maximum Gasteiger partial charge on any atom is 0.168 e. The number of ketones is 1. The molecule has 0 spiro atoms. The van der Waals surface area contributed by atoms with Crippen LogP contribution in [0.5, 0.6) is 0 Å². The molecule has 2 rings (SSSR count). The molecule has 1 N–H and O–H groups in total. The molecule has 1 unspecified atom stereocenters. The maximum atomic E-state index is 12.7. The van der Waals surface area contributed by atoms with Crippen molar-refractivity contribution in [3.63, 3.8) is 0 Å². The molecule has 130 valence electrons. The van der Waals surface area contributed by atoms with Gasteiger partial charge in [-0.25, -0.2) is 0 Å². The number of aliphatic hydroxyl groups is 1. The summed E-state index contributed by atoms with van der Waals surface area (Å²) < 4.78 is 0. The summed E-state index contributed by atoms with van der Waals surface area (Å²) in [6.45, 7) is 10.4. The SMILES string of the molecule is CCO/N=C(\CC)C1=C(O)CC(c2c(C)cc(C)cc2C)CC1=O. The Hall–Kier alpha value is -2.10. The Bertz CT molecular complexity index is 678. The fraction of sp³-hybridized carbons (Fsp3) is 0.500. The van der Waals surface area contributed by atoms with E-state index in [1.54, 1.807) is 0 Å². The first-order valence-electron chi connectivity index (χ1n) is 8.61. The van der Waals surface area contributed by atoms with E-state index >= 15 is 0 Å². The van der Waals surface area contributed by atoms with Crippen LogP contribution in [0, 0.1) is 20.8 Å². The Morgan fingerprint density at radius 3 is 2.33 bits per heavy atom. The molecule has 0 aliphatic heterocycles. The number of hydrogen-bond acceptors (Lipinski definition) is 4. The topological polar surface area (TPSA) is 58.9 Å². The highest BCUT2D eigenvalue weighted by Gasteiger charge is 2.32. The van der Waals surface area contributed by atoms with E-state index in [2.05, 4.69) is 38.1 Å². The standard InChI is InChI=1S/C20H27NO3/c1-6-16(21-24-7-2)20-17(22)10-15(11-18(20)23)19-13(4)8-12(3)9-14(19)5/h8-9,15,22H,6-7,10-11H2,1-5H3/b21-16+. The molecule has 0 saturated heterocycles. The summed E-state index contributed by atoms with van der Waals surface area (Å²) in [6, 6.07) is 4.27. The van der Waals surface area contributed by atoms with Gasteiger partial charge in [-0.2, -0.15) is 0 Å². The molecular weight excluding hydrogens is 302 g/mol. The van der Waals surface area contributed by atoms with Crippen LogP contribution in [0.25, 0.3) is 0 Å². The minimum absolute atomic E-state index is 0.0204. The van der Waals surface area contributed by atoms with Gasteiger partial charge in [-0.1, -0.05) is 29.8 Å². The normalized spacial score (nSPS) is 19.0. The van der Waals surface area contributed by atoms with Crippen LogP contribution in [0.3, 0.4) is 0 Å². The van der Waals surface area contributed by atoms with Crippen LogP contribution < -0.4 is 0 Å². The summed E-state index contributed by atoms with van der Waals surface area (Å²) in [5, 5.41) is 14.5. The lowest BCUT2D eigenvalue weighted by Crippen LogP contribution is -2.24. The number of oxime groups is 1. The van der Waals surface area contributed by atoms with Crippen molar-refractivity contribution in [1.29, 1.82) is 0 Å². The summed E-state index contributed by atoms with van der Waals surface area (Å²) in [5.41, 5.74) is 5.65. The summed E-state index contributed by atoms with van der Waals surface area (Å²) in [6.07, 6.45) is 1.42. The Morgan fingerprint density at radius 1 is 1.21 bits per heavy atom. The van der Waals surface area contributed by atoms with Gasteiger partial charge < -0.3 is 9.94 Å². The second-order valence-electron chi connectivity index (χ2n) is 6.47. The highest BCUT2D eigenvalue weighted by Crippen LogP contribution is 2.37. The van der Waals surface area contributed by atoms with Crippen LogP contribution in [0.4, 0.5) is 0 Å². The quantitative estimate of drug-likeness (QED) is 0.630. The molecule has 1 aromatic carbocycles. The van der Waals surface area contributed by atoms with Gasteiger partial charge in [0.2, 0.25) is 0 Å². The third-order valence-electron chi connectivity index (χ3n) is 4.51. The average molecular weight is 329 g/mol. The maximum absolute atomic E-state index is 12.7. The number of rotatable bonds is 5. The van der Waals surface area contributed by atoms with Crippen molar-refractivity contribution < 1.29 is 14.7 Å². The second-order valence-corrected chi connectivity index (χ2v) is 6.47. The Labute approximate surface area is 144 Å². The van der Waals surface area contributed by atoms with Gasteiger partial charge in [-0.05, 0) is 56.7 Å². The zero-order chi connectivity index (χ0) is 17.9. The first-order valence-corrected chi connectivity index (χ1v) is 8.61. The van der Waals surface area contributed by atoms with Gasteiger partial charge in [0, 0.05) is 12.8 Å². The molecular formula is C20H27NO3. The molecule has 0 amide bonds.